The molecular weight excluding hydrogens is 1210 g/mol. The minimum atomic E-state index is -2.91. The zero-order chi connectivity index (χ0) is 55.4. The fourth-order valence-corrected chi connectivity index (χ4v) is 2.92. The molecule has 0 aromatic carbocycles. The number of carbonyl (C=O) groups excluding carboxylic acids is 4. The Kier molecular flexibility index (Phi) is 103. The first-order valence-corrected chi connectivity index (χ1v) is 24.3. The van der Waals surface area contributed by atoms with Gasteiger partial charge in [0.1, 0.15) is 12.2 Å². The number of amides is 4. The van der Waals surface area contributed by atoms with E-state index in [0.717, 1.165) is 13.1 Å². The number of aliphatic imine (C=N–C) groups is 1. The van der Waals surface area contributed by atoms with E-state index in [2.05, 4.69) is 99.8 Å². The number of sulfonamides is 1. The van der Waals surface area contributed by atoms with Crippen LogP contribution in [0.3, 0.4) is 0 Å². The number of likely N-dealkylation sites (N-methyl/N-ethyl adjacent to an activating group) is 2. The van der Waals surface area contributed by atoms with Gasteiger partial charge >= 0.3 is 0 Å². The molecule has 0 bridgehead atoms. The summed E-state index contributed by atoms with van der Waals surface area (Å²) in [5.74, 6) is -0.203. The number of thiocarbonyl (C=S) groups is 2. The minimum Gasteiger partial charge on any atom is -0.384 e. The summed E-state index contributed by atoms with van der Waals surface area (Å²) >= 11 is 6.76. The first kappa shape index (κ1) is 91.8. The number of rotatable bonds is 12. The van der Waals surface area contributed by atoms with E-state index in [1.807, 2.05) is 20.9 Å². The molecule has 0 fully saturated rings. The number of aliphatic hydroxyl groups excluding tert-OH is 2. The Labute approximate surface area is 459 Å². The van der Waals surface area contributed by atoms with Gasteiger partial charge in [0.05, 0.1) is 20.0 Å². The minimum absolute atomic E-state index is 0. The molecule has 0 aliphatic carbocycles. The topological polar surface area (TPSA) is 388 Å². The molecule has 0 saturated carbocycles. The maximum absolute atomic E-state index is 10.3. The molecule has 0 aliphatic heterocycles. The molecule has 27 nitrogen and oxygen atoms in total. The number of nitrogens with one attached hydrogen (secondary N) is 13. The average molecular weight is 1300 g/mol. The van der Waals surface area contributed by atoms with Crippen molar-refractivity contribution in [1.82, 2.24) is 67.3 Å². The van der Waals surface area contributed by atoms with Crippen molar-refractivity contribution in [3.05, 3.63) is 0 Å². The molecule has 0 spiro atoms. The van der Waals surface area contributed by atoms with E-state index in [4.69, 9.17) is 27.7 Å². The third-order valence-electron chi connectivity index (χ3n) is 5.24. The third kappa shape index (κ3) is 115. The van der Waals surface area contributed by atoms with Gasteiger partial charge in [0.15, 0.2) is 16.4 Å². The average Bonchev–Trinajstić information content (AvgIpc) is 3.31. The van der Waals surface area contributed by atoms with Crippen LogP contribution < -0.4 is 67.3 Å². The van der Waals surface area contributed by atoms with E-state index in [-0.39, 0.29) is 73.4 Å². The van der Waals surface area contributed by atoms with Gasteiger partial charge in [-0.25, -0.2) is 31.0 Å². The number of nitriles is 1. The smallest absolute Gasteiger partial charge is 0.248 e. The van der Waals surface area contributed by atoms with Crippen LogP contribution in [0.4, 0.5) is 0 Å². The summed E-state index contributed by atoms with van der Waals surface area (Å²) < 4.78 is 56.3. The number of hydrogen-bond donors (Lipinski definition) is 15. The van der Waals surface area contributed by atoms with E-state index >= 15 is 0 Å². The Bertz CT molecular complexity index is 1370. The number of hydrogen-bond acceptors (Lipinski definition) is 17. The fourth-order valence-electron chi connectivity index (χ4n) is 1.83. The molecular formula is C35H87AcN15O12S5. The molecule has 407 valence electrons. The first-order chi connectivity index (χ1) is 31.1. The largest absolute Gasteiger partial charge is 0.384 e. The Hall–Kier alpha value is -2.41. The van der Waals surface area contributed by atoms with Crippen molar-refractivity contribution >= 4 is 96.8 Å². The molecule has 0 heterocycles. The van der Waals surface area contributed by atoms with E-state index < -0.39 is 44.8 Å². The van der Waals surface area contributed by atoms with Gasteiger partial charge in [-0.2, -0.15) is 5.26 Å². The monoisotopic (exact) mass is 1300 g/mol. The van der Waals surface area contributed by atoms with Crippen molar-refractivity contribution in [2.24, 2.45) is 4.99 Å². The summed E-state index contributed by atoms with van der Waals surface area (Å²) in [6.07, 6.45) is 1.19. The SMILES string of the molecule is CCCNC.CCNC(=S)NC.CCNS(=O)OC.CCS(=O)(=O)NC.CN=C(NC)NC#N.CNC(=O)C(C)O.CNC(=O)C(C)O.CNC(=S)NC(C)=O.CNC(C)=O.CNS(=O)OC.[Ac]. The van der Waals surface area contributed by atoms with E-state index in [1.165, 1.54) is 69.5 Å². The van der Waals surface area contributed by atoms with E-state index in [9.17, 15) is 36.0 Å². The Morgan fingerprint density at radius 2 is 1.13 bits per heavy atom. The second-order valence-electron chi connectivity index (χ2n) is 10.5. The summed E-state index contributed by atoms with van der Waals surface area (Å²) in [4.78, 5) is 43.8. The molecule has 0 aromatic heterocycles. The number of aliphatic hydroxyl groups is 2. The van der Waals surface area contributed by atoms with Gasteiger partial charge in [-0.15, -0.1) is 0 Å². The van der Waals surface area contributed by atoms with E-state index in [0.29, 0.717) is 22.7 Å². The van der Waals surface area contributed by atoms with Crippen LogP contribution in [-0.4, -0.2) is 189 Å². The van der Waals surface area contributed by atoms with Gasteiger partial charge in [0, 0.05) is 120 Å². The molecule has 68 heavy (non-hydrogen) atoms. The number of guanidine groups is 1. The predicted molar refractivity (Wildman–Crippen MR) is 279 cm³/mol. The predicted octanol–water partition coefficient (Wildman–Crippen LogP) is -3.61. The zero-order valence-corrected chi connectivity index (χ0v) is 52.5. The molecule has 0 rings (SSSR count). The van der Waals surface area contributed by atoms with Crippen molar-refractivity contribution in [1.29, 1.82) is 5.26 Å². The van der Waals surface area contributed by atoms with Crippen LogP contribution in [-0.2, 0) is 60.1 Å². The second kappa shape index (κ2) is 76.1. The van der Waals surface area contributed by atoms with Gasteiger partial charge in [0.25, 0.3) is 0 Å². The second-order valence-corrected chi connectivity index (χ2v) is 15.9. The van der Waals surface area contributed by atoms with Crippen LogP contribution >= 0.6 is 24.4 Å². The van der Waals surface area contributed by atoms with Crippen LogP contribution in [0.5, 0.6) is 0 Å². The maximum Gasteiger partial charge on any atom is 0.248 e. The fraction of sp³-hybridized carbons (Fsp3) is 0.771. The third-order valence-corrected chi connectivity index (χ3v) is 8.74. The molecule has 0 aliphatic rings. The van der Waals surface area contributed by atoms with Crippen LogP contribution in [0.1, 0.15) is 61.8 Å². The van der Waals surface area contributed by atoms with Gasteiger partial charge in [-0.1, -0.05) is 13.8 Å². The summed E-state index contributed by atoms with van der Waals surface area (Å²) in [6, 6.07) is 0. The molecule has 0 saturated heterocycles. The van der Waals surface area contributed by atoms with Crippen molar-refractivity contribution in [2.75, 3.05) is 110 Å². The van der Waals surface area contributed by atoms with Gasteiger partial charge in [0.2, 0.25) is 62.1 Å². The molecule has 33 heteroatoms. The van der Waals surface area contributed by atoms with Gasteiger partial charge < -0.3 is 58.1 Å². The molecule has 0 aromatic rings. The Morgan fingerprint density at radius 3 is 1.19 bits per heavy atom. The molecule has 4 atom stereocenters. The Balaban J connectivity index is -0.0000000591. The first-order valence-electron chi connectivity index (χ1n) is 19.7. The zero-order valence-electron chi connectivity index (χ0n) is 43.7. The molecule has 4 amide bonds. The van der Waals surface area contributed by atoms with E-state index in [1.54, 1.807) is 55.4 Å². The summed E-state index contributed by atoms with van der Waals surface area (Å²) in [5, 5.41) is 51.5. The van der Waals surface area contributed by atoms with Crippen molar-refractivity contribution in [3.63, 3.8) is 0 Å². The molecule has 15 N–H and O–H groups in total. The van der Waals surface area contributed by atoms with Crippen LogP contribution in [0.25, 0.3) is 0 Å². The number of carbonyl (C=O) groups is 4. The quantitative estimate of drug-likeness (QED) is 0.0295. The van der Waals surface area contributed by atoms with Crippen LogP contribution in [0.2, 0.25) is 0 Å². The van der Waals surface area contributed by atoms with Crippen LogP contribution in [0, 0.1) is 55.5 Å². The van der Waals surface area contributed by atoms with Crippen molar-refractivity contribution < 1.29 is 98.7 Å². The van der Waals surface area contributed by atoms with Crippen molar-refractivity contribution in [2.45, 2.75) is 74.0 Å². The normalized spacial score (nSPS) is 10.6. The van der Waals surface area contributed by atoms with Gasteiger partial charge in [-0.05, 0) is 86.2 Å². The maximum atomic E-state index is 10.3. The number of nitrogens with zero attached hydrogens (tertiary/aromatic N) is 2. The summed E-state index contributed by atoms with van der Waals surface area (Å²) in [6.45, 7) is 16.0. The van der Waals surface area contributed by atoms with Crippen molar-refractivity contribution in [3.8, 4) is 6.19 Å². The summed E-state index contributed by atoms with van der Waals surface area (Å²) in [7, 11) is 16.1. The summed E-state index contributed by atoms with van der Waals surface area (Å²) in [5.41, 5.74) is 0. The molecule has 4 unspecified atom stereocenters. The van der Waals surface area contributed by atoms with Gasteiger partial charge in [-0.3, -0.25) is 37.9 Å². The Morgan fingerprint density at radius 1 is 0.721 bits per heavy atom. The standard InChI is InChI=1S/C4H8N4.C4H8N2OS.C4H10N2S.2C4H9NO2.C4H11N.2C3H9NO2S.C3H7NO.C2H7NO2S.Ac/c1-6-4(7-2)8-3-5;1-3(7)6-4(8)5-2;1-3-6-4(7)5-2;2*1-3(6)4(7)5-2;1-3-4-5-2;1-3-4-7(5)6-2;1-3-7(5,6)4-2;1-3(5)4-2;1-3-6(4)5-2;/h1-2H3,(H2,6,7,8);1-2H3,(H2,5,6,7,8);3H2,1-2H3,(H2,5,6,7);2*3,6H,1-2H3,(H,5,7);5H,3-4H2,1-2H3;2*4H,3H2,1-2H3;1-2H3,(H,4,5);3H,1-2H3;. The molecule has 1 radical (unpaired) electrons. The van der Waals surface area contributed by atoms with Crippen LogP contribution in [0.15, 0.2) is 4.99 Å².